The Morgan fingerprint density at radius 2 is 2.42 bits per heavy atom. The van der Waals surface area contributed by atoms with Gasteiger partial charge in [-0.05, 0) is 18.6 Å². The highest BCUT2D eigenvalue weighted by atomic mass is 32.1. The highest BCUT2D eigenvalue weighted by molar-refractivity contribution is 7.13. The first-order chi connectivity index (χ1) is 9.33. The zero-order chi connectivity index (χ0) is 13.1. The summed E-state index contributed by atoms with van der Waals surface area (Å²) in [7, 11) is 0. The van der Waals surface area contributed by atoms with E-state index in [1.807, 2.05) is 29.6 Å². The minimum absolute atomic E-state index is 0.0245. The lowest BCUT2D eigenvalue weighted by Crippen LogP contribution is -2.22. The summed E-state index contributed by atoms with van der Waals surface area (Å²) in [5.41, 5.74) is 1.83. The molecule has 1 N–H and O–H groups in total. The molecule has 0 bridgehead atoms. The quantitative estimate of drug-likeness (QED) is 0.936. The van der Waals surface area contributed by atoms with Crippen LogP contribution >= 0.6 is 11.3 Å². The number of hydrogen-bond donors (Lipinski definition) is 1. The Morgan fingerprint density at radius 1 is 1.47 bits per heavy atom. The van der Waals surface area contributed by atoms with Crippen LogP contribution in [0, 0.1) is 5.92 Å². The smallest absolute Gasteiger partial charge is 0.229 e. The van der Waals surface area contributed by atoms with Gasteiger partial charge < -0.3 is 10.1 Å². The number of amides is 1. The van der Waals surface area contributed by atoms with Crippen LogP contribution in [-0.4, -0.2) is 24.1 Å². The van der Waals surface area contributed by atoms with Gasteiger partial charge in [-0.1, -0.05) is 12.1 Å². The van der Waals surface area contributed by atoms with E-state index in [1.54, 1.807) is 17.5 Å². The molecule has 1 saturated heterocycles. The molecule has 2 aromatic rings. The summed E-state index contributed by atoms with van der Waals surface area (Å²) in [6, 6.07) is 7.77. The van der Waals surface area contributed by atoms with E-state index in [1.165, 1.54) is 0 Å². The second kappa shape index (κ2) is 5.50. The number of nitrogens with one attached hydrogen (secondary N) is 1. The predicted octanol–water partition coefficient (Wildman–Crippen LogP) is 2.79. The minimum atomic E-state index is -0.0245. The number of carbonyl (C=O) groups is 1. The van der Waals surface area contributed by atoms with Crippen LogP contribution in [0.2, 0.25) is 0 Å². The normalized spacial score (nSPS) is 18.4. The van der Waals surface area contributed by atoms with Crippen LogP contribution in [0.3, 0.4) is 0 Å². The lowest BCUT2D eigenvalue weighted by Gasteiger charge is -2.10. The zero-order valence-corrected chi connectivity index (χ0v) is 11.2. The fourth-order valence-electron chi connectivity index (χ4n) is 2.08. The first kappa shape index (κ1) is 12.3. The van der Waals surface area contributed by atoms with E-state index in [0.29, 0.717) is 13.2 Å². The Kier molecular flexibility index (Phi) is 3.57. The Hall–Kier alpha value is -1.72. The fourth-order valence-corrected chi connectivity index (χ4v) is 2.72. The molecule has 1 aromatic carbocycles. The van der Waals surface area contributed by atoms with E-state index in [4.69, 9.17) is 4.74 Å². The third-order valence-electron chi connectivity index (χ3n) is 3.11. The maximum atomic E-state index is 12.0. The first-order valence-corrected chi connectivity index (χ1v) is 7.09. The van der Waals surface area contributed by atoms with Crippen LogP contribution < -0.4 is 5.32 Å². The fraction of sp³-hybridized carbons (Fsp3) is 0.286. The molecule has 1 unspecified atom stereocenters. The molecule has 98 valence electrons. The minimum Gasteiger partial charge on any atom is -0.381 e. The summed E-state index contributed by atoms with van der Waals surface area (Å²) in [5, 5.41) is 5.84. The Morgan fingerprint density at radius 3 is 3.16 bits per heavy atom. The molecular formula is C14H14N2O2S. The van der Waals surface area contributed by atoms with Crippen molar-refractivity contribution in [2.24, 2.45) is 5.92 Å². The van der Waals surface area contributed by atoms with Gasteiger partial charge in [0.1, 0.15) is 5.01 Å². The summed E-state index contributed by atoms with van der Waals surface area (Å²) in [5.74, 6) is 0.0114. The van der Waals surface area contributed by atoms with Crippen LogP contribution in [0.1, 0.15) is 6.42 Å². The van der Waals surface area contributed by atoms with Crippen molar-refractivity contribution < 1.29 is 9.53 Å². The number of carbonyl (C=O) groups excluding carboxylic acids is 1. The zero-order valence-electron chi connectivity index (χ0n) is 10.3. The first-order valence-electron chi connectivity index (χ1n) is 6.21. The van der Waals surface area contributed by atoms with Crippen LogP contribution in [0.25, 0.3) is 10.6 Å². The lowest BCUT2D eigenvalue weighted by molar-refractivity contribution is -0.119. The molecule has 2 heterocycles. The molecule has 0 spiro atoms. The van der Waals surface area contributed by atoms with Crippen molar-refractivity contribution in [3.05, 3.63) is 35.8 Å². The number of aromatic nitrogens is 1. The number of rotatable bonds is 3. The number of benzene rings is 1. The van der Waals surface area contributed by atoms with Crippen molar-refractivity contribution in [1.29, 1.82) is 0 Å². The molecule has 4 nitrogen and oxygen atoms in total. The summed E-state index contributed by atoms with van der Waals surface area (Å²) in [6.07, 6.45) is 2.58. The van der Waals surface area contributed by atoms with Crippen LogP contribution in [0.5, 0.6) is 0 Å². The molecule has 19 heavy (non-hydrogen) atoms. The molecule has 1 atom stereocenters. The van der Waals surface area contributed by atoms with Crippen molar-refractivity contribution >= 4 is 22.9 Å². The largest absolute Gasteiger partial charge is 0.381 e. The van der Waals surface area contributed by atoms with Crippen molar-refractivity contribution in [3.63, 3.8) is 0 Å². The van der Waals surface area contributed by atoms with Gasteiger partial charge in [0.05, 0.1) is 12.5 Å². The van der Waals surface area contributed by atoms with E-state index < -0.39 is 0 Å². The molecule has 0 radical (unpaired) electrons. The van der Waals surface area contributed by atoms with Gasteiger partial charge in [0.25, 0.3) is 0 Å². The molecule has 1 aromatic heterocycles. The molecule has 1 aliphatic rings. The maximum Gasteiger partial charge on any atom is 0.229 e. The monoisotopic (exact) mass is 274 g/mol. The van der Waals surface area contributed by atoms with Gasteiger partial charge in [-0.2, -0.15) is 0 Å². The second-order valence-corrected chi connectivity index (χ2v) is 5.36. The van der Waals surface area contributed by atoms with E-state index in [2.05, 4.69) is 10.3 Å². The van der Waals surface area contributed by atoms with Gasteiger partial charge >= 0.3 is 0 Å². The molecule has 1 fully saturated rings. The second-order valence-electron chi connectivity index (χ2n) is 4.47. The predicted molar refractivity (Wildman–Crippen MR) is 75.1 cm³/mol. The summed E-state index contributed by atoms with van der Waals surface area (Å²) < 4.78 is 5.23. The standard InChI is InChI=1S/C14H14N2O2S/c17-13(11-4-6-18-9-11)16-12-3-1-2-10(8-12)14-15-5-7-19-14/h1-3,5,7-8,11H,4,6,9H2,(H,16,17). The lowest BCUT2D eigenvalue weighted by atomic mass is 10.1. The molecule has 0 aliphatic carbocycles. The van der Waals surface area contributed by atoms with E-state index >= 15 is 0 Å². The Balaban J connectivity index is 1.74. The van der Waals surface area contributed by atoms with Crippen molar-refractivity contribution in [1.82, 2.24) is 4.98 Å². The van der Waals surface area contributed by atoms with Gasteiger partial charge in [0, 0.05) is 29.4 Å². The molecule has 0 saturated carbocycles. The number of ether oxygens (including phenoxy) is 1. The van der Waals surface area contributed by atoms with Crippen molar-refractivity contribution in [3.8, 4) is 10.6 Å². The maximum absolute atomic E-state index is 12.0. The van der Waals surface area contributed by atoms with Crippen molar-refractivity contribution in [2.75, 3.05) is 18.5 Å². The molecule has 1 amide bonds. The van der Waals surface area contributed by atoms with Crippen LogP contribution in [0.4, 0.5) is 5.69 Å². The Bertz CT molecular complexity index is 563. The van der Waals surface area contributed by atoms with E-state index in [-0.39, 0.29) is 11.8 Å². The highest BCUT2D eigenvalue weighted by Crippen LogP contribution is 2.25. The van der Waals surface area contributed by atoms with Crippen LogP contribution in [-0.2, 0) is 9.53 Å². The number of nitrogens with zero attached hydrogens (tertiary/aromatic N) is 1. The van der Waals surface area contributed by atoms with Crippen LogP contribution in [0.15, 0.2) is 35.8 Å². The average molecular weight is 274 g/mol. The number of hydrogen-bond acceptors (Lipinski definition) is 4. The van der Waals surface area contributed by atoms with Gasteiger partial charge in [-0.25, -0.2) is 4.98 Å². The van der Waals surface area contributed by atoms with Gasteiger partial charge in [-0.3, -0.25) is 4.79 Å². The summed E-state index contributed by atoms with van der Waals surface area (Å²) in [6.45, 7) is 1.20. The molecule has 3 rings (SSSR count). The van der Waals surface area contributed by atoms with Gasteiger partial charge in [0.15, 0.2) is 0 Å². The number of anilines is 1. The average Bonchev–Trinajstić information content (AvgIpc) is 3.13. The third-order valence-corrected chi connectivity index (χ3v) is 3.93. The highest BCUT2D eigenvalue weighted by Gasteiger charge is 2.23. The topological polar surface area (TPSA) is 51.2 Å². The molecule has 1 aliphatic heterocycles. The van der Waals surface area contributed by atoms with E-state index in [0.717, 1.165) is 22.7 Å². The van der Waals surface area contributed by atoms with E-state index in [9.17, 15) is 4.79 Å². The van der Waals surface area contributed by atoms with Gasteiger partial charge in [-0.15, -0.1) is 11.3 Å². The summed E-state index contributed by atoms with van der Waals surface area (Å²) >= 11 is 1.59. The SMILES string of the molecule is O=C(Nc1cccc(-c2nccs2)c1)C1CCOC1. The van der Waals surface area contributed by atoms with Gasteiger partial charge in [0.2, 0.25) is 5.91 Å². The Labute approximate surface area is 115 Å². The number of thiazole rings is 1. The molecule has 5 heteroatoms. The third kappa shape index (κ3) is 2.83. The van der Waals surface area contributed by atoms with Crippen molar-refractivity contribution in [2.45, 2.75) is 6.42 Å². The summed E-state index contributed by atoms with van der Waals surface area (Å²) in [4.78, 5) is 16.3. The molecular weight excluding hydrogens is 260 g/mol.